The summed E-state index contributed by atoms with van der Waals surface area (Å²) in [6.07, 6.45) is 1.75. The Morgan fingerprint density at radius 1 is 1.07 bits per heavy atom. The van der Waals surface area contributed by atoms with E-state index in [9.17, 15) is 4.79 Å². The minimum Gasteiger partial charge on any atom is -0.395 e. The summed E-state index contributed by atoms with van der Waals surface area (Å²) < 4.78 is 0. The van der Waals surface area contributed by atoms with Gasteiger partial charge in [0.2, 0.25) is 0 Å². The van der Waals surface area contributed by atoms with Crippen LogP contribution in [-0.2, 0) is 0 Å². The van der Waals surface area contributed by atoms with Gasteiger partial charge in [-0.25, -0.2) is 0 Å². The Balaban J connectivity index is 1.44. The van der Waals surface area contributed by atoms with Crippen molar-refractivity contribution in [3.8, 4) is 0 Å². The molecule has 6 nitrogen and oxygen atoms in total. The fourth-order valence-corrected chi connectivity index (χ4v) is 3.75. The SMILES string of the molecule is O=C(c1ccc(Nc2ccnc3cc(Cl)ccc23)cc1)N1CCN(CCO)CC1. The summed E-state index contributed by atoms with van der Waals surface area (Å²) in [5.41, 5.74) is 3.34. The molecule has 0 radical (unpaired) electrons. The summed E-state index contributed by atoms with van der Waals surface area (Å²) in [6.45, 7) is 3.78. The number of rotatable bonds is 5. The van der Waals surface area contributed by atoms with Crippen molar-refractivity contribution in [3.63, 3.8) is 0 Å². The topological polar surface area (TPSA) is 68.7 Å². The predicted octanol–water partition coefficient (Wildman–Crippen LogP) is 3.38. The van der Waals surface area contributed by atoms with Crippen LogP contribution in [0.3, 0.4) is 0 Å². The summed E-state index contributed by atoms with van der Waals surface area (Å²) in [5.74, 6) is 0.0456. The third-order valence-electron chi connectivity index (χ3n) is 5.19. The van der Waals surface area contributed by atoms with Crippen LogP contribution in [0.4, 0.5) is 11.4 Å². The Kier molecular flexibility index (Phi) is 5.94. The van der Waals surface area contributed by atoms with Crippen molar-refractivity contribution in [1.82, 2.24) is 14.8 Å². The van der Waals surface area contributed by atoms with Gasteiger partial charge in [-0.3, -0.25) is 14.7 Å². The fourth-order valence-electron chi connectivity index (χ4n) is 3.58. The van der Waals surface area contributed by atoms with Gasteiger partial charge in [0.1, 0.15) is 0 Å². The van der Waals surface area contributed by atoms with Crippen molar-refractivity contribution >= 4 is 39.8 Å². The molecule has 0 saturated carbocycles. The molecule has 2 aromatic carbocycles. The molecule has 1 amide bonds. The van der Waals surface area contributed by atoms with E-state index in [1.165, 1.54) is 0 Å². The number of pyridine rings is 1. The average Bonchev–Trinajstić information content (AvgIpc) is 2.74. The lowest BCUT2D eigenvalue weighted by atomic mass is 10.1. The van der Waals surface area contributed by atoms with Gasteiger partial charge in [-0.2, -0.15) is 0 Å². The van der Waals surface area contributed by atoms with E-state index in [2.05, 4.69) is 15.2 Å². The lowest BCUT2D eigenvalue weighted by Crippen LogP contribution is -2.49. The average molecular weight is 411 g/mol. The minimum absolute atomic E-state index is 0.0456. The summed E-state index contributed by atoms with van der Waals surface area (Å²) >= 11 is 6.06. The molecule has 0 unspecified atom stereocenters. The Morgan fingerprint density at radius 3 is 2.55 bits per heavy atom. The molecule has 0 spiro atoms. The number of nitrogens with zero attached hydrogens (tertiary/aromatic N) is 3. The smallest absolute Gasteiger partial charge is 0.253 e. The molecule has 0 bridgehead atoms. The second-order valence-electron chi connectivity index (χ2n) is 7.08. The van der Waals surface area contributed by atoms with Crippen LogP contribution in [0.15, 0.2) is 54.7 Å². The van der Waals surface area contributed by atoms with Crippen LogP contribution < -0.4 is 5.32 Å². The molecular formula is C22H23ClN4O2. The van der Waals surface area contributed by atoms with E-state index in [1.54, 1.807) is 6.20 Å². The van der Waals surface area contributed by atoms with Crippen LogP contribution in [-0.4, -0.2) is 65.1 Å². The van der Waals surface area contributed by atoms with Crippen molar-refractivity contribution in [2.24, 2.45) is 0 Å². The summed E-state index contributed by atoms with van der Waals surface area (Å²) in [7, 11) is 0. The first-order valence-corrected chi connectivity index (χ1v) is 10.1. The lowest BCUT2D eigenvalue weighted by molar-refractivity contribution is 0.0615. The summed E-state index contributed by atoms with van der Waals surface area (Å²) in [4.78, 5) is 21.2. The van der Waals surface area contributed by atoms with Gasteiger partial charge in [0, 0.05) is 66.3 Å². The van der Waals surface area contributed by atoms with Crippen LogP contribution in [0.2, 0.25) is 5.02 Å². The van der Waals surface area contributed by atoms with E-state index in [-0.39, 0.29) is 12.5 Å². The maximum Gasteiger partial charge on any atom is 0.253 e. The first-order valence-electron chi connectivity index (χ1n) is 9.68. The van der Waals surface area contributed by atoms with Gasteiger partial charge < -0.3 is 15.3 Å². The number of carbonyl (C=O) groups is 1. The second-order valence-corrected chi connectivity index (χ2v) is 7.52. The molecule has 1 saturated heterocycles. The number of hydrogen-bond acceptors (Lipinski definition) is 5. The molecule has 4 rings (SSSR count). The normalized spacial score (nSPS) is 14.9. The van der Waals surface area contributed by atoms with Crippen molar-refractivity contribution in [2.45, 2.75) is 0 Å². The number of amides is 1. The number of hydrogen-bond donors (Lipinski definition) is 2. The molecule has 3 aromatic rings. The second kappa shape index (κ2) is 8.78. The molecule has 1 aliphatic rings. The fraction of sp³-hybridized carbons (Fsp3) is 0.273. The molecule has 0 atom stereocenters. The number of piperazine rings is 1. The molecule has 1 aliphatic heterocycles. The number of nitrogens with one attached hydrogen (secondary N) is 1. The maximum atomic E-state index is 12.8. The Morgan fingerprint density at radius 2 is 1.83 bits per heavy atom. The third kappa shape index (κ3) is 4.50. The van der Waals surface area contributed by atoms with Gasteiger partial charge in [0.25, 0.3) is 5.91 Å². The molecule has 2 N–H and O–H groups in total. The van der Waals surface area contributed by atoms with E-state index < -0.39 is 0 Å². The number of anilines is 2. The highest BCUT2D eigenvalue weighted by molar-refractivity contribution is 6.31. The lowest BCUT2D eigenvalue weighted by Gasteiger charge is -2.34. The predicted molar refractivity (Wildman–Crippen MR) is 116 cm³/mol. The molecular weight excluding hydrogens is 388 g/mol. The zero-order chi connectivity index (χ0) is 20.2. The molecule has 2 heterocycles. The largest absolute Gasteiger partial charge is 0.395 e. The summed E-state index contributed by atoms with van der Waals surface area (Å²) in [6, 6.07) is 15.1. The summed E-state index contributed by atoms with van der Waals surface area (Å²) in [5, 5.41) is 14.1. The third-order valence-corrected chi connectivity index (χ3v) is 5.43. The molecule has 150 valence electrons. The van der Waals surface area contributed by atoms with Crippen LogP contribution >= 0.6 is 11.6 Å². The van der Waals surface area contributed by atoms with E-state index in [1.807, 2.05) is 53.4 Å². The molecule has 7 heteroatoms. The van der Waals surface area contributed by atoms with Crippen LogP contribution in [0.5, 0.6) is 0 Å². The van der Waals surface area contributed by atoms with Gasteiger partial charge >= 0.3 is 0 Å². The van der Waals surface area contributed by atoms with E-state index >= 15 is 0 Å². The highest BCUT2D eigenvalue weighted by Crippen LogP contribution is 2.27. The first-order chi connectivity index (χ1) is 14.1. The van der Waals surface area contributed by atoms with Gasteiger partial charge in [-0.1, -0.05) is 11.6 Å². The van der Waals surface area contributed by atoms with Crippen LogP contribution in [0.25, 0.3) is 10.9 Å². The van der Waals surface area contributed by atoms with E-state index in [0.29, 0.717) is 30.2 Å². The van der Waals surface area contributed by atoms with Gasteiger partial charge in [-0.05, 0) is 48.5 Å². The Hall–Kier alpha value is -2.67. The highest BCUT2D eigenvalue weighted by Gasteiger charge is 2.21. The van der Waals surface area contributed by atoms with E-state index in [4.69, 9.17) is 16.7 Å². The van der Waals surface area contributed by atoms with Crippen molar-refractivity contribution in [2.75, 3.05) is 44.6 Å². The minimum atomic E-state index is 0.0456. The van der Waals surface area contributed by atoms with Crippen LogP contribution in [0, 0.1) is 0 Å². The van der Waals surface area contributed by atoms with Gasteiger partial charge in [0.15, 0.2) is 0 Å². The zero-order valence-corrected chi connectivity index (χ0v) is 16.8. The number of carbonyl (C=O) groups excluding carboxylic acids is 1. The highest BCUT2D eigenvalue weighted by atomic mass is 35.5. The monoisotopic (exact) mass is 410 g/mol. The first kappa shape index (κ1) is 19.6. The van der Waals surface area contributed by atoms with Gasteiger partial charge in [0.05, 0.1) is 12.1 Å². The van der Waals surface area contributed by atoms with Crippen molar-refractivity contribution < 1.29 is 9.90 Å². The van der Waals surface area contributed by atoms with Crippen molar-refractivity contribution in [3.05, 3.63) is 65.3 Å². The van der Waals surface area contributed by atoms with Gasteiger partial charge in [-0.15, -0.1) is 0 Å². The van der Waals surface area contributed by atoms with E-state index in [0.717, 1.165) is 35.4 Å². The maximum absolute atomic E-state index is 12.8. The number of β-amino-alcohol motifs (C(OH)–C–C–N with tert-alkyl or cyclic N) is 1. The standard InChI is InChI=1S/C22H23ClN4O2/c23-17-3-6-19-20(7-8-24-21(19)15-17)25-18-4-1-16(2-5-18)22(29)27-11-9-26(10-12-27)13-14-28/h1-8,15,28H,9-14H2,(H,24,25). The van der Waals surface area contributed by atoms with Crippen LogP contribution in [0.1, 0.15) is 10.4 Å². The molecule has 1 aromatic heterocycles. The zero-order valence-electron chi connectivity index (χ0n) is 16.0. The molecule has 0 aliphatic carbocycles. The quantitative estimate of drug-likeness (QED) is 0.674. The number of aliphatic hydroxyl groups excluding tert-OH is 1. The Bertz CT molecular complexity index is 1000. The van der Waals surface area contributed by atoms with Crippen molar-refractivity contribution in [1.29, 1.82) is 0 Å². The number of halogens is 1. The number of aromatic nitrogens is 1. The number of aliphatic hydroxyl groups is 1. The molecule has 29 heavy (non-hydrogen) atoms. The Labute approximate surface area is 174 Å². The number of benzene rings is 2. The molecule has 1 fully saturated rings. The number of fused-ring (bicyclic) bond motifs is 1.